The van der Waals surface area contributed by atoms with Crippen molar-refractivity contribution in [3.8, 4) is 33.4 Å². The van der Waals surface area contributed by atoms with Crippen molar-refractivity contribution in [3.05, 3.63) is 108 Å². The molecule has 182 valence electrons. The molecule has 0 heterocycles. The number of carbonyl (C=O) groups is 2. The fourth-order valence-electron chi connectivity index (χ4n) is 4.26. The molecule has 0 spiro atoms. The van der Waals surface area contributed by atoms with Gasteiger partial charge in [0.25, 0.3) is 5.91 Å². The summed E-state index contributed by atoms with van der Waals surface area (Å²) >= 11 is 1.56. The van der Waals surface area contributed by atoms with Crippen molar-refractivity contribution in [1.29, 1.82) is 0 Å². The number of benzene rings is 4. The van der Waals surface area contributed by atoms with Gasteiger partial charge in [-0.15, -0.1) is 0 Å². The van der Waals surface area contributed by atoms with Crippen LogP contribution in [0.3, 0.4) is 0 Å². The zero-order valence-electron chi connectivity index (χ0n) is 21.4. The molecule has 0 aliphatic carbocycles. The minimum absolute atomic E-state index is 0. The molecule has 0 saturated heterocycles. The monoisotopic (exact) mass is 502 g/mol. The number of aliphatic carboxylic acids is 1. The number of nitrogens with one attached hydrogen (secondary N) is 1. The number of rotatable bonds is 9. The summed E-state index contributed by atoms with van der Waals surface area (Å²) in [6, 6.07) is 31.3. The molecule has 1 amide bonds. The second-order valence-corrected chi connectivity index (χ2v) is 9.65. The summed E-state index contributed by atoms with van der Waals surface area (Å²) in [4.78, 5) is 25.1. The van der Waals surface area contributed by atoms with E-state index in [2.05, 4.69) is 35.6 Å². The summed E-state index contributed by atoms with van der Waals surface area (Å²) in [5.41, 5.74) is 7.51. The molecule has 1 unspecified atom stereocenters. The van der Waals surface area contributed by atoms with E-state index in [1.54, 1.807) is 17.8 Å². The zero-order chi connectivity index (χ0) is 25.5. The van der Waals surface area contributed by atoms with Crippen molar-refractivity contribution in [2.75, 3.05) is 12.0 Å². The second-order valence-electron chi connectivity index (χ2n) is 8.67. The van der Waals surface area contributed by atoms with Crippen LogP contribution in [-0.2, 0) is 4.79 Å². The minimum atomic E-state index is -1.02. The van der Waals surface area contributed by atoms with E-state index in [4.69, 9.17) is 0 Å². The molecule has 0 radical (unpaired) electrons. The number of hydrogen-bond acceptors (Lipinski definition) is 3. The number of carboxylic acid groups (broad SMARTS) is 1. The van der Waals surface area contributed by atoms with Gasteiger partial charge in [-0.1, -0.05) is 78.9 Å². The topological polar surface area (TPSA) is 66.4 Å². The van der Waals surface area contributed by atoms with Gasteiger partial charge in [0.15, 0.2) is 0 Å². The Morgan fingerprint density at radius 2 is 1.41 bits per heavy atom. The molecule has 1 atom stereocenters. The van der Waals surface area contributed by atoms with Gasteiger partial charge in [0.05, 0.1) is 0 Å². The molecule has 0 aliphatic heterocycles. The number of carboxylic acids is 1. The quantitative estimate of drug-likeness (QED) is 0.341. The third kappa shape index (κ3) is 6.96. The first-order valence-electron chi connectivity index (χ1n) is 11.9. The average molecular weight is 503 g/mol. The molecule has 4 rings (SSSR count). The van der Waals surface area contributed by atoms with E-state index in [0.717, 1.165) is 38.9 Å². The Hall–Kier alpha value is -3.23. The normalized spacial score (nSPS) is 11.3. The van der Waals surface area contributed by atoms with Crippen molar-refractivity contribution in [3.63, 3.8) is 0 Å². The minimum Gasteiger partial charge on any atom is -0.480 e. The smallest absolute Gasteiger partial charge is 0.480 e. The van der Waals surface area contributed by atoms with Crippen molar-refractivity contribution in [2.24, 2.45) is 0 Å². The summed E-state index contributed by atoms with van der Waals surface area (Å²) in [5, 5.41) is 12.4. The number of aryl methyl sites for hydroxylation is 1. The van der Waals surface area contributed by atoms with Gasteiger partial charge >= 0.3 is 24.8 Å². The van der Waals surface area contributed by atoms with Gasteiger partial charge in [-0.05, 0) is 82.5 Å². The molecule has 0 fully saturated rings. The van der Waals surface area contributed by atoms with Crippen molar-refractivity contribution < 1.29 is 33.6 Å². The summed E-state index contributed by atoms with van der Waals surface area (Å²) in [6.07, 6.45) is 2.29. The first-order valence-corrected chi connectivity index (χ1v) is 13.3. The third-order valence-electron chi connectivity index (χ3n) is 6.22. The van der Waals surface area contributed by atoms with E-state index in [1.807, 2.05) is 73.8 Å². The molecule has 0 saturated carbocycles. The van der Waals surface area contributed by atoms with Gasteiger partial charge in [0.1, 0.15) is 6.04 Å². The maximum absolute atomic E-state index is 13.3. The van der Waals surface area contributed by atoms with Crippen LogP contribution in [-0.4, -0.2) is 35.0 Å². The van der Waals surface area contributed by atoms with Crippen LogP contribution in [0.4, 0.5) is 0 Å². The number of hydrogen-bond donors (Lipinski definition) is 2. The zero-order valence-corrected chi connectivity index (χ0v) is 22.2. The van der Waals surface area contributed by atoms with Crippen LogP contribution < -0.4 is 24.2 Å². The maximum atomic E-state index is 13.3. The predicted octanol–water partition coefficient (Wildman–Crippen LogP) is 3.94. The number of carbonyl (C=O) groups excluding carboxylic acids is 1. The van der Waals surface area contributed by atoms with E-state index in [1.165, 1.54) is 0 Å². The Morgan fingerprint density at radius 3 is 2.08 bits per heavy atom. The van der Waals surface area contributed by atoms with E-state index in [0.29, 0.717) is 17.7 Å². The molecular weight excluding hydrogens is 473 g/mol. The fourth-order valence-corrected chi connectivity index (χ4v) is 4.73. The first kappa shape index (κ1) is 28.3. The molecule has 0 aromatic heterocycles. The van der Waals surface area contributed by atoms with Crippen LogP contribution in [0.1, 0.15) is 22.3 Å². The standard InChI is InChI=1S/C31H29NO3S.Li/c1-21-9-6-7-14-26(21)28-20-25(24-13-8-12-23(19-24)22-10-4-3-5-11-22)15-16-27(28)30(33)32-29(31(34)35)17-18-36-2;/h3-16,19-20,29H,17-18H2,1-2H3,(H,32,33)(H,34,35);/q;+1. The Morgan fingerprint density at radius 1 is 0.784 bits per heavy atom. The second kappa shape index (κ2) is 13.4. The van der Waals surface area contributed by atoms with Crippen LogP contribution in [0.25, 0.3) is 33.4 Å². The van der Waals surface area contributed by atoms with Crippen LogP contribution in [0.2, 0.25) is 0 Å². The molecule has 6 heteroatoms. The van der Waals surface area contributed by atoms with Crippen molar-refractivity contribution in [2.45, 2.75) is 19.4 Å². The molecule has 4 aromatic rings. The van der Waals surface area contributed by atoms with Gasteiger partial charge in [-0.2, -0.15) is 11.8 Å². The Kier molecular flexibility index (Phi) is 10.2. The fraction of sp³-hybridized carbons (Fsp3) is 0.161. The predicted molar refractivity (Wildman–Crippen MR) is 149 cm³/mol. The van der Waals surface area contributed by atoms with E-state index >= 15 is 0 Å². The molecule has 4 nitrogen and oxygen atoms in total. The summed E-state index contributed by atoms with van der Waals surface area (Å²) < 4.78 is 0. The third-order valence-corrected chi connectivity index (χ3v) is 6.86. The Bertz CT molecular complexity index is 1370. The molecule has 4 aromatic carbocycles. The van der Waals surface area contributed by atoms with E-state index in [9.17, 15) is 14.7 Å². The van der Waals surface area contributed by atoms with Gasteiger partial charge in [0, 0.05) is 5.56 Å². The van der Waals surface area contributed by atoms with E-state index in [-0.39, 0.29) is 24.8 Å². The Labute approximate surface area is 234 Å². The molecular formula is C31H29LiNO3S+. The summed E-state index contributed by atoms with van der Waals surface area (Å²) in [7, 11) is 0. The van der Waals surface area contributed by atoms with Crippen LogP contribution >= 0.6 is 11.8 Å². The van der Waals surface area contributed by atoms with Crippen LogP contribution in [0.5, 0.6) is 0 Å². The number of amides is 1. The van der Waals surface area contributed by atoms with Gasteiger partial charge < -0.3 is 10.4 Å². The van der Waals surface area contributed by atoms with Gasteiger partial charge in [-0.3, -0.25) is 4.79 Å². The molecule has 37 heavy (non-hydrogen) atoms. The largest absolute Gasteiger partial charge is 1.00 e. The van der Waals surface area contributed by atoms with Gasteiger partial charge in [0.2, 0.25) is 0 Å². The Balaban J connectivity index is 0.00000380. The SMILES string of the molecule is CSCCC(NC(=O)c1ccc(-c2cccc(-c3ccccc3)c2)cc1-c1ccccc1C)C(=O)O.[Li+]. The van der Waals surface area contributed by atoms with E-state index < -0.39 is 12.0 Å². The average Bonchev–Trinajstić information content (AvgIpc) is 2.91. The van der Waals surface area contributed by atoms with Crippen LogP contribution in [0.15, 0.2) is 97.1 Å². The molecule has 2 N–H and O–H groups in total. The summed E-state index contributed by atoms with van der Waals surface area (Å²) in [5.74, 6) is -0.756. The maximum Gasteiger partial charge on any atom is 1.00 e. The van der Waals surface area contributed by atoms with Gasteiger partial charge in [-0.25, -0.2) is 4.79 Å². The van der Waals surface area contributed by atoms with Crippen molar-refractivity contribution >= 4 is 23.6 Å². The van der Waals surface area contributed by atoms with Crippen LogP contribution in [0, 0.1) is 6.92 Å². The molecule has 0 bridgehead atoms. The number of thioether (sulfide) groups is 1. The first-order chi connectivity index (χ1) is 17.5. The van der Waals surface area contributed by atoms with Crippen molar-refractivity contribution in [1.82, 2.24) is 5.32 Å². The molecule has 0 aliphatic rings. The summed E-state index contributed by atoms with van der Waals surface area (Å²) in [6.45, 7) is 2.01.